The highest BCUT2D eigenvalue weighted by Gasteiger charge is 2.66. The molecule has 1 saturated carbocycles. The molecular weight excluding hydrogens is 188 g/mol. The van der Waals surface area contributed by atoms with E-state index in [0.717, 1.165) is 25.7 Å². The van der Waals surface area contributed by atoms with E-state index in [1.54, 1.807) is 0 Å². The highest BCUT2D eigenvalue weighted by Crippen LogP contribution is 2.54. The summed E-state index contributed by atoms with van der Waals surface area (Å²) >= 11 is 0. The van der Waals surface area contributed by atoms with E-state index in [1.807, 2.05) is 0 Å². The van der Waals surface area contributed by atoms with Crippen LogP contribution in [-0.4, -0.2) is 22.4 Å². The van der Waals surface area contributed by atoms with Crippen LogP contribution in [-0.2, 0) is 4.74 Å². The van der Waals surface area contributed by atoms with Crippen LogP contribution in [0.15, 0.2) is 0 Å². The predicted molar refractivity (Wildman–Crippen MR) is 60.8 cm³/mol. The summed E-state index contributed by atoms with van der Waals surface area (Å²) in [4.78, 5) is 0. The highest BCUT2D eigenvalue weighted by atomic mass is 16.6. The van der Waals surface area contributed by atoms with E-state index in [9.17, 15) is 5.11 Å². The summed E-state index contributed by atoms with van der Waals surface area (Å²) in [6.07, 6.45) is 9.35. The number of hydrogen-bond acceptors (Lipinski definition) is 2. The highest BCUT2D eigenvalue weighted by molar-refractivity contribution is 5.14. The molecule has 1 saturated heterocycles. The van der Waals surface area contributed by atoms with Gasteiger partial charge in [0.2, 0.25) is 0 Å². The van der Waals surface area contributed by atoms with Crippen molar-refractivity contribution < 1.29 is 9.84 Å². The van der Waals surface area contributed by atoms with Gasteiger partial charge in [-0.15, -0.1) is 0 Å². The first-order valence-electron chi connectivity index (χ1n) is 6.59. The van der Waals surface area contributed by atoms with Gasteiger partial charge in [0.15, 0.2) is 0 Å². The third-order valence-electron chi connectivity index (χ3n) is 4.54. The van der Waals surface area contributed by atoms with Crippen LogP contribution in [0.3, 0.4) is 0 Å². The smallest absolute Gasteiger partial charge is 0.123 e. The molecule has 0 spiro atoms. The van der Waals surface area contributed by atoms with Crippen molar-refractivity contribution in [3.05, 3.63) is 0 Å². The van der Waals surface area contributed by atoms with Crippen LogP contribution in [0.4, 0.5) is 0 Å². The molecule has 1 aliphatic carbocycles. The largest absolute Gasteiger partial charge is 0.387 e. The number of fused-ring (bicyclic) bond motifs is 1. The molecule has 1 heterocycles. The minimum atomic E-state index is -0.574. The van der Waals surface area contributed by atoms with Gasteiger partial charge in [0, 0.05) is 0 Å². The van der Waals surface area contributed by atoms with Crippen LogP contribution in [0.5, 0.6) is 0 Å². The lowest BCUT2D eigenvalue weighted by Gasteiger charge is -2.34. The van der Waals surface area contributed by atoms with E-state index in [0.29, 0.717) is 6.10 Å². The van der Waals surface area contributed by atoms with Gasteiger partial charge in [0.05, 0.1) is 11.7 Å². The fourth-order valence-corrected chi connectivity index (χ4v) is 3.29. The topological polar surface area (TPSA) is 32.8 Å². The predicted octanol–water partition coefficient (Wildman–Crippen LogP) is 3.03. The van der Waals surface area contributed by atoms with Gasteiger partial charge in [-0.25, -0.2) is 0 Å². The van der Waals surface area contributed by atoms with Gasteiger partial charge in [0.25, 0.3) is 0 Å². The maximum atomic E-state index is 10.6. The molecule has 88 valence electrons. The molecule has 2 nitrogen and oxygen atoms in total. The maximum absolute atomic E-state index is 10.6. The van der Waals surface area contributed by atoms with Crippen LogP contribution in [0, 0.1) is 0 Å². The van der Waals surface area contributed by atoms with Gasteiger partial charge in [-0.05, 0) is 25.7 Å². The summed E-state index contributed by atoms with van der Waals surface area (Å²) in [5.41, 5.74) is -0.744. The van der Waals surface area contributed by atoms with Gasteiger partial charge < -0.3 is 9.84 Å². The van der Waals surface area contributed by atoms with Gasteiger partial charge in [-0.3, -0.25) is 0 Å². The van der Waals surface area contributed by atoms with Gasteiger partial charge in [-0.1, -0.05) is 39.5 Å². The number of ether oxygens (including phenoxy) is 1. The molecule has 2 atom stereocenters. The Morgan fingerprint density at radius 2 is 1.87 bits per heavy atom. The summed E-state index contributed by atoms with van der Waals surface area (Å²) in [6.45, 7) is 4.16. The van der Waals surface area contributed by atoms with Gasteiger partial charge in [-0.2, -0.15) is 0 Å². The number of aliphatic hydroxyl groups is 1. The summed E-state index contributed by atoms with van der Waals surface area (Å²) in [5.74, 6) is 0. The molecule has 2 aliphatic rings. The summed E-state index contributed by atoms with van der Waals surface area (Å²) < 4.78 is 5.92. The lowest BCUT2D eigenvalue weighted by atomic mass is 9.75. The van der Waals surface area contributed by atoms with Crippen molar-refractivity contribution in [1.29, 1.82) is 0 Å². The van der Waals surface area contributed by atoms with Gasteiger partial charge >= 0.3 is 0 Å². The van der Waals surface area contributed by atoms with E-state index in [1.165, 1.54) is 25.7 Å². The first-order chi connectivity index (χ1) is 7.18. The van der Waals surface area contributed by atoms with Gasteiger partial charge in [0.1, 0.15) is 5.60 Å². The van der Waals surface area contributed by atoms with E-state index in [2.05, 4.69) is 13.8 Å². The zero-order valence-corrected chi connectivity index (χ0v) is 10.1. The first kappa shape index (κ1) is 11.4. The molecule has 1 N–H and O–H groups in total. The molecule has 1 aliphatic heterocycles. The Morgan fingerprint density at radius 1 is 1.20 bits per heavy atom. The van der Waals surface area contributed by atoms with E-state index < -0.39 is 5.60 Å². The number of hydrogen-bond donors (Lipinski definition) is 1. The lowest BCUT2D eigenvalue weighted by molar-refractivity contribution is -0.0491. The Labute approximate surface area is 93.0 Å². The summed E-state index contributed by atoms with van der Waals surface area (Å²) in [5, 5.41) is 10.6. The van der Waals surface area contributed by atoms with Crippen LogP contribution in [0.1, 0.15) is 65.2 Å². The van der Waals surface area contributed by atoms with Crippen LogP contribution in [0.25, 0.3) is 0 Å². The Morgan fingerprint density at radius 3 is 2.53 bits per heavy atom. The maximum Gasteiger partial charge on any atom is 0.123 e. The van der Waals surface area contributed by atoms with Crippen LogP contribution < -0.4 is 0 Å². The van der Waals surface area contributed by atoms with E-state index in [4.69, 9.17) is 4.74 Å². The van der Waals surface area contributed by atoms with Crippen LogP contribution >= 0.6 is 0 Å². The monoisotopic (exact) mass is 212 g/mol. The average molecular weight is 212 g/mol. The fourth-order valence-electron chi connectivity index (χ4n) is 3.29. The normalized spacial score (nSPS) is 36.6. The van der Waals surface area contributed by atoms with E-state index in [-0.39, 0.29) is 5.60 Å². The zero-order valence-electron chi connectivity index (χ0n) is 10.1. The van der Waals surface area contributed by atoms with Crippen molar-refractivity contribution in [3.8, 4) is 0 Å². The second-order valence-corrected chi connectivity index (χ2v) is 5.19. The molecule has 0 aromatic rings. The minimum Gasteiger partial charge on any atom is -0.387 e. The molecule has 0 aromatic heterocycles. The molecule has 2 fully saturated rings. The Bertz CT molecular complexity index is 223. The van der Waals surface area contributed by atoms with Crippen molar-refractivity contribution in [1.82, 2.24) is 0 Å². The lowest BCUT2D eigenvalue weighted by Crippen LogP contribution is -2.46. The number of rotatable bonds is 3. The fraction of sp³-hybridized carbons (Fsp3) is 1.00. The molecule has 2 rings (SSSR count). The van der Waals surface area contributed by atoms with Crippen molar-refractivity contribution >= 4 is 0 Å². The number of epoxide rings is 1. The third-order valence-corrected chi connectivity index (χ3v) is 4.54. The standard InChI is InChI=1S/C13H24O2/c1-3-12(14,4-2)13-10-8-6-5-7-9-11(13)15-13/h11,14H,3-10H2,1-2H3/t11-,13+/m1/s1. The SMILES string of the molecule is CCC(O)(CC)[C@]12CCCCCC[C@H]1O2. The first-order valence-corrected chi connectivity index (χ1v) is 6.59. The second kappa shape index (κ2) is 4.06. The quantitative estimate of drug-likeness (QED) is 0.729. The average Bonchev–Trinajstić information content (AvgIpc) is 2.91. The molecule has 15 heavy (non-hydrogen) atoms. The Balaban J connectivity index is 2.11. The summed E-state index contributed by atoms with van der Waals surface area (Å²) in [7, 11) is 0. The third kappa shape index (κ3) is 1.72. The molecule has 0 unspecified atom stereocenters. The van der Waals surface area contributed by atoms with E-state index >= 15 is 0 Å². The zero-order chi connectivity index (χ0) is 10.9. The minimum absolute atomic E-state index is 0.170. The molecule has 0 aromatic carbocycles. The molecule has 2 heteroatoms. The Hall–Kier alpha value is -0.0800. The summed E-state index contributed by atoms with van der Waals surface area (Å²) in [6, 6.07) is 0. The second-order valence-electron chi connectivity index (χ2n) is 5.19. The van der Waals surface area contributed by atoms with Crippen molar-refractivity contribution in [2.45, 2.75) is 82.5 Å². The van der Waals surface area contributed by atoms with Crippen molar-refractivity contribution in [2.75, 3.05) is 0 Å². The molecular formula is C13H24O2. The Kier molecular flexibility index (Phi) is 3.09. The van der Waals surface area contributed by atoms with Crippen molar-refractivity contribution in [2.24, 2.45) is 0 Å². The molecule has 0 bridgehead atoms. The molecule has 0 amide bonds. The van der Waals surface area contributed by atoms with Crippen LogP contribution in [0.2, 0.25) is 0 Å². The van der Waals surface area contributed by atoms with Crippen molar-refractivity contribution in [3.63, 3.8) is 0 Å². The molecule has 0 radical (unpaired) electrons.